The van der Waals surface area contributed by atoms with Crippen LogP contribution in [0.4, 0.5) is 13.2 Å². The van der Waals surface area contributed by atoms with E-state index in [1.807, 2.05) is 0 Å². The van der Waals surface area contributed by atoms with Gasteiger partial charge in [-0.15, -0.1) is 0 Å². The largest absolute Gasteiger partial charge is 0.417 e. The summed E-state index contributed by atoms with van der Waals surface area (Å²) in [6.07, 6.45) is -3.62. The van der Waals surface area contributed by atoms with Crippen molar-refractivity contribution >= 4 is 17.6 Å². The molecule has 0 spiro atoms. The van der Waals surface area contributed by atoms with E-state index in [4.69, 9.17) is 11.1 Å². The highest BCUT2D eigenvalue weighted by Crippen LogP contribution is 2.31. The SMILES string of the molecule is Cc1cc(C(=N)N)cc(Sc2ccc(C(F)(F)F)cn2)n1. The molecule has 0 aliphatic rings. The van der Waals surface area contributed by atoms with E-state index in [0.29, 0.717) is 21.3 Å². The summed E-state index contributed by atoms with van der Waals surface area (Å²) in [7, 11) is 0. The van der Waals surface area contributed by atoms with Crippen LogP contribution in [0.15, 0.2) is 40.5 Å². The van der Waals surface area contributed by atoms with Gasteiger partial charge in [0.2, 0.25) is 0 Å². The molecule has 0 saturated heterocycles. The number of hydrogen-bond donors (Lipinski definition) is 2. The minimum atomic E-state index is -4.40. The van der Waals surface area contributed by atoms with Crippen LogP contribution in [0.3, 0.4) is 0 Å². The lowest BCUT2D eigenvalue weighted by Crippen LogP contribution is -2.11. The fraction of sp³-hybridized carbons (Fsp3) is 0.154. The van der Waals surface area contributed by atoms with E-state index in [9.17, 15) is 13.2 Å². The zero-order valence-electron chi connectivity index (χ0n) is 10.9. The summed E-state index contributed by atoms with van der Waals surface area (Å²) < 4.78 is 37.3. The normalized spacial score (nSPS) is 11.4. The summed E-state index contributed by atoms with van der Waals surface area (Å²) in [6, 6.07) is 5.51. The van der Waals surface area contributed by atoms with Gasteiger partial charge in [0.15, 0.2) is 0 Å². The summed E-state index contributed by atoms with van der Waals surface area (Å²) in [5.41, 5.74) is 5.80. The molecule has 2 aromatic heterocycles. The molecule has 0 bridgehead atoms. The lowest BCUT2D eigenvalue weighted by Gasteiger charge is -2.07. The maximum atomic E-state index is 12.4. The van der Waals surface area contributed by atoms with Gasteiger partial charge >= 0.3 is 6.18 Å². The summed E-state index contributed by atoms with van der Waals surface area (Å²) >= 11 is 1.11. The van der Waals surface area contributed by atoms with Crippen LogP contribution >= 0.6 is 11.8 Å². The van der Waals surface area contributed by atoms with Crippen LogP contribution in [-0.2, 0) is 6.18 Å². The second kappa shape index (κ2) is 5.72. The number of alkyl halides is 3. The van der Waals surface area contributed by atoms with E-state index in [2.05, 4.69) is 9.97 Å². The van der Waals surface area contributed by atoms with Crippen molar-refractivity contribution in [3.8, 4) is 0 Å². The monoisotopic (exact) mass is 312 g/mol. The Hall–Kier alpha value is -2.09. The van der Waals surface area contributed by atoms with Gasteiger partial charge < -0.3 is 5.73 Å². The topological polar surface area (TPSA) is 75.7 Å². The zero-order chi connectivity index (χ0) is 15.6. The summed E-state index contributed by atoms with van der Waals surface area (Å²) in [6.45, 7) is 1.75. The number of pyridine rings is 2. The Morgan fingerprint density at radius 1 is 1.24 bits per heavy atom. The number of nitrogen functional groups attached to an aromatic ring is 1. The zero-order valence-corrected chi connectivity index (χ0v) is 11.7. The van der Waals surface area contributed by atoms with Crippen molar-refractivity contribution in [3.05, 3.63) is 47.3 Å². The second-order valence-corrected chi connectivity index (χ2v) is 5.27. The van der Waals surface area contributed by atoms with Crippen molar-refractivity contribution in [2.45, 2.75) is 23.2 Å². The van der Waals surface area contributed by atoms with Gasteiger partial charge in [-0.25, -0.2) is 9.97 Å². The van der Waals surface area contributed by atoms with Crippen molar-refractivity contribution in [3.63, 3.8) is 0 Å². The molecule has 8 heteroatoms. The van der Waals surface area contributed by atoms with Gasteiger partial charge in [-0.1, -0.05) is 11.8 Å². The van der Waals surface area contributed by atoms with E-state index in [1.165, 1.54) is 6.07 Å². The van der Waals surface area contributed by atoms with Crippen molar-refractivity contribution in [1.82, 2.24) is 9.97 Å². The molecule has 0 unspecified atom stereocenters. The van der Waals surface area contributed by atoms with Crippen LogP contribution in [0, 0.1) is 12.3 Å². The van der Waals surface area contributed by atoms with E-state index in [1.54, 1.807) is 19.1 Å². The van der Waals surface area contributed by atoms with Crippen LogP contribution in [-0.4, -0.2) is 15.8 Å². The van der Waals surface area contributed by atoms with Gasteiger partial charge in [-0.2, -0.15) is 13.2 Å². The van der Waals surface area contributed by atoms with E-state index in [0.717, 1.165) is 24.0 Å². The third-order valence-corrected chi connectivity index (χ3v) is 3.38. The maximum absolute atomic E-state index is 12.4. The molecule has 4 nitrogen and oxygen atoms in total. The average Bonchev–Trinajstić information content (AvgIpc) is 2.37. The maximum Gasteiger partial charge on any atom is 0.417 e. The third-order valence-electron chi connectivity index (χ3n) is 2.51. The highest BCUT2D eigenvalue weighted by Gasteiger charge is 2.30. The first-order valence-corrected chi connectivity index (χ1v) is 6.61. The number of rotatable bonds is 3. The van der Waals surface area contributed by atoms with Crippen molar-refractivity contribution < 1.29 is 13.2 Å². The lowest BCUT2D eigenvalue weighted by atomic mass is 10.2. The van der Waals surface area contributed by atoms with E-state index >= 15 is 0 Å². The Morgan fingerprint density at radius 2 is 1.95 bits per heavy atom. The van der Waals surface area contributed by atoms with Gasteiger partial charge in [0.25, 0.3) is 0 Å². The summed E-state index contributed by atoms with van der Waals surface area (Å²) in [5, 5.41) is 8.31. The minimum Gasteiger partial charge on any atom is -0.384 e. The lowest BCUT2D eigenvalue weighted by molar-refractivity contribution is -0.137. The number of amidine groups is 1. The molecule has 0 aliphatic carbocycles. The van der Waals surface area contributed by atoms with Crippen LogP contribution in [0.5, 0.6) is 0 Å². The van der Waals surface area contributed by atoms with Crippen molar-refractivity contribution in [2.75, 3.05) is 0 Å². The first-order valence-electron chi connectivity index (χ1n) is 5.80. The van der Waals surface area contributed by atoms with Crippen LogP contribution < -0.4 is 5.73 Å². The number of nitrogens with two attached hydrogens (primary N) is 1. The fourth-order valence-electron chi connectivity index (χ4n) is 1.56. The number of hydrogen-bond acceptors (Lipinski definition) is 4. The minimum absolute atomic E-state index is 0.0947. The smallest absolute Gasteiger partial charge is 0.384 e. The molecule has 0 aromatic carbocycles. The predicted molar refractivity (Wildman–Crippen MR) is 73.4 cm³/mol. The molecule has 0 atom stereocenters. The highest BCUT2D eigenvalue weighted by molar-refractivity contribution is 7.99. The average molecular weight is 312 g/mol. The Balaban J connectivity index is 2.24. The number of nitrogens with zero attached hydrogens (tertiary/aromatic N) is 2. The van der Waals surface area contributed by atoms with Crippen LogP contribution in [0.1, 0.15) is 16.8 Å². The fourth-order valence-corrected chi connectivity index (χ4v) is 2.39. The van der Waals surface area contributed by atoms with Gasteiger partial charge in [0.05, 0.1) is 5.56 Å². The third kappa shape index (κ3) is 3.94. The number of aryl methyl sites for hydroxylation is 1. The van der Waals surface area contributed by atoms with Gasteiger partial charge in [-0.3, -0.25) is 5.41 Å². The van der Waals surface area contributed by atoms with Gasteiger partial charge in [0, 0.05) is 17.5 Å². The molecule has 21 heavy (non-hydrogen) atoms. The number of aromatic nitrogens is 2. The first-order chi connectivity index (χ1) is 9.75. The molecule has 2 rings (SSSR count). The quantitative estimate of drug-likeness (QED) is 0.674. The molecular weight excluding hydrogens is 301 g/mol. The molecule has 2 heterocycles. The van der Waals surface area contributed by atoms with E-state index < -0.39 is 11.7 Å². The Kier molecular flexibility index (Phi) is 4.17. The van der Waals surface area contributed by atoms with Crippen molar-refractivity contribution in [1.29, 1.82) is 5.41 Å². The molecule has 0 amide bonds. The molecule has 3 N–H and O–H groups in total. The molecule has 0 aliphatic heterocycles. The van der Waals surface area contributed by atoms with Gasteiger partial charge in [-0.05, 0) is 31.2 Å². The second-order valence-electron chi connectivity index (χ2n) is 4.23. The molecule has 0 saturated carbocycles. The predicted octanol–water partition coefficient (Wildman–Crippen LogP) is 3.24. The van der Waals surface area contributed by atoms with Crippen LogP contribution in [0.2, 0.25) is 0 Å². The van der Waals surface area contributed by atoms with Gasteiger partial charge in [0.1, 0.15) is 15.9 Å². The molecule has 2 aromatic rings. The number of nitrogens with one attached hydrogen (secondary N) is 1. The molecule has 0 radical (unpaired) electrons. The summed E-state index contributed by atoms with van der Waals surface area (Å²) in [4.78, 5) is 7.99. The standard InChI is InChI=1S/C13H11F3N4S/c1-7-4-8(12(17)18)5-11(20-7)21-10-3-2-9(6-19-10)13(14,15)16/h2-6H,1H3,(H3,17,18). The molecule has 110 valence electrons. The molecule has 0 fully saturated rings. The summed E-state index contributed by atoms with van der Waals surface area (Å²) in [5.74, 6) is -0.0947. The Labute approximate surface area is 123 Å². The molecular formula is C13H11F3N4S. The highest BCUT2D eigenvalue weighted by atomic mass is 32.2. The van der Waals surface area contributed by atoms with Crippen LogP contribution in [0.25, 0.3) is 0 Å². The van der Waals surface area contributed by atoms with Crippen molar-refractivity contribution in [2.24, 2.45) is 5.73 Å². The van der Waals surface area contributed by atoms with E-state index in [-0.39, 0.29) is 5.84 Å². The Bertz CT molecular complexity index is 668. The number of halogens is 3. The first kappa shape index (κ1) is 15.3. The Morgan fingerprint density at radius 3 is 2.48 bits per heavy atom.